The number of aliphatic hydroxyl groups excluding tert-OH is 4. The molecular weight excluding hydrogens is 1740 g/mol. The fourth-order valence-corrected chi connectivity index (χ4v) is 19.6. The van der Waals surface area contributed by atoms with Crippen LogP contribution in [0.15, 0.2) is 97.1 Å². The van der Waals surface area contributed by atoms with Gasteiger partial charge in [0.15, 0.2) is 22.8 Å². The molecule has 0 bridgehead atoms. The number of rotatable bonds is 36. The summed E-state index contributed by atoms with van der Waals surface area (Å²) in [6, 6.07) is 28.6. The number of esters is 2. The number of fused-ring (bicyclic) bond motifs is 12. The standard InChI is InChI=1S/C51H59Cl2N3O9.C49H57Cl2N5O9/c1-7-32-23-44-40(18-29(32)3)51(41-19-30(4)33(8-2)24-45(41)64-44)48-42(52)25-39(49(53)47(48)50(62)65-51)43(60)12-11-38-34(27-57)21-37(22-35(38)28-58)63-31(5)20-46(61)54-13-9-10-36(59)26-56-16-14-55(6)15-17-56;1-29(20-44(61)52-15-7-8-34(59)26-56-18-16-55(6)17-19-56)63-35-21-30(27-57)36(31(22-35)28-58)11-14-41(60)37-25-40(50)46-45(47(37)51)48(62)65-49(46)38-12-9-32(53(2)3)23-42(38)64-43-24-33(54(4)5)10-13-39(43)49/h18-19,21-25,31,57-58H,7-17,20,26-28H2,1-6H3,(H,54,61);9-10,12-13,21-25,29,57-58H,7-8,11,14-20,26-28H2,1-6H3,(H,52,61). The van der Waals surface area contributed by atoms with Gasteiger partial charge in [0.2, 0.25) is 11.8 Å². The number of halogens is 4. The number of carbonyl (C=O) groups is 8. The lowest BCUT2D eigenvalue weighted by molar-refractivity contribution is -0.123. The van der Waals surface area contributed by atoms with Crippen molar-refractivity contribution in [1.29, 1.82) is 0 Å². The van der Waals surface area contributed by atoms with Gasteiger partial charge in [-0.3, -0.25) is 38.6 Å². The van der Waals surface area contributed by atoms with E-state index in [1.165, 1.54) is 12.1 Å². The maximum Gasteiger partial charge on any atom is 0.341 e. The van der Waals surface area contributed by atoms with E-state index >= 15 is 0 Å². The number of Topliss-reactive ketones (excluding diaryl/α,β-unsaturated/α-hetero) is 4. The number of nitrogens with one attached hydrogen (secondary N) is 2. The third kappa shape index (κ3) is 20.9. The van der Waals surface area contributed by atoms with E-state index in [-0.39, 0.29) is 104 Å². The quantitative estimate of drug-likeness (QED) is 0.0121. The summed E-state index contributed by atoms with van der Waals surface area (Å²) >= 11 is 28.4. The molecule has 2 fully saturated rings. The topological polar surface area (TPSA) is 316 Å². The van der Waals surface area contributed by atoms with E-state index in [0.29, 0.717) is 153 Å². The maximum absolute atomic E-state index is 14.2. The zero-order valence-electron chi connectivity index (χ0n) is 75.9. The summed E-state index contributed by atoms with van der Waals surface area (Å²) in [5.41, 5.74) is 8.78. The summed E-state index contributed by atoms with van der Waals surface area (Å²) in [6.45, 7) is 18.9. The molecule has 130 heavy (non-hydrogen) atoms. The van der Waals surface area contributed by atoms with Crippen LogP contribution in [0, 0.1) is 13.8 Å². The Balaban J connectivity index is 0.000000222. The highest BCUT2D eigenvalue weighted by Crippen LogP contribution is 2.62. The molecule has 6 N–H and O–H groups in total. The lowest BCUT2D eigenvalue weighted by Gasteiger charge is -2.38. The molecule has 6 heterocycles. The summed E-state index contributed by atoms with van der Waals surface area (Å²) in [6.07, 6.45) is 2.48. The Hall–Kier alpha value is -10.0. The lowest BCUT2D eigenvalue weighted by atomic mass is 9.75. The molecular formula is C100H116Cl4N8O18. The van der Waals surface area contributed by atoms with E-state index in [0.717, 1.165) is 98.8 Å². The van der Waals surface area contributed by atoms with Crippen molar-refractivity contribution in [3.05, 3.63) is 228 Å². The molecule has 0 saturated carbocycles. The van der Waals surface area contributed by atoms with Gasteiger partial charge in [-0.15, -0.1) is 0 Å². The number of ketones is 4. The van der Waals surface area contributed by atoms with E-state index in [9.17, 15) is 58.8 Å². The van der Waals surface area contributed by atoms with Gasteiger partial charge in [-0.2, -0.15) is 0 Å². The number of ether oxygens (including phenoxy) is 6. The van der Waals surface area contributed by atoms with Crippen LogP contribution in [0.2, 0.25) is 20.1 Å². The fourth-order valence-electron chi connectivity index (χ4n) is 18.3. The second-order valence-electron chi connectivity index (χ2n) is 35.0. The van der Waals surface area contributed by atoms with Crippen molar-refractivity contribution in [2.24, 2.45) is 0 Å². The molecule has 8 aromatic carbocycles. The number of likely N-dealkylation sites (N-methyl/N-ethyl adjacent to an activating group) is 2. The molecule has 692 valence electrons. The predicted molar refractivity (Wildman–Crippen MR) is 500 cm³/mol. The molecule has 2 amide bonds. The average molecular weight is 1860 g/mol. The average Bonchev–Trinajstić information content (AvgIpc) is 1.51. The maximum atomic E-state index is 14.2. The summed E-state index contributed by atoms with van der Waals surface area (Å²) < 4.78 is 38.0. The third-order valence-electron chi connectivity index (χ3n) is 25.4. The van der Waals surface area contributed by atoms with Crippen LogP contribution in [0.25, 0.3) is 0 Å². The molecule has 2 spiro atoms. The number of carbonyl (C=O) groups excluding carboxylic acids is 8. The number of aryl methyl sites for hydroxylation is 4. The molecule has 14 rings (SSSR count). The number of benzene rings is 8. The minimum Gasteiger partial charge on any atom is -0.490 e. The van der Waals surface area contributed by atoms with E-state index in [1.807, 2.05) is 113 Å². The largest absolute Gasteiger partial charge is 0.490 e. The minimum atomic E-state index is -1.53. The number of nitrogens with zero attached hydrogens (tertiary/aromatic N) is 6. The Morgan fingerprint density at radius 3 is 1.15 bits per heavy atom. The van der Waals surface area contributed by atoms with E-state index < -0.39 is 73.3 Å². The molecule has 0 aliphatic carbocycles. The SMILES string of the molecule is CC(CC(=O)NCCCC(=O)CN1CCN(C)CC1)Oc1cc(CO)c(CCC(=O)c2cc(Cl)c3c(c2Cl)C(=O)OC32c3ccc(N(C)C)cc3Oc3cc(N(C)C)ccc32)c(CO)c1.CCc1cc2c(cc1C)C1(OC(=O)c3c(Cl)c(C(=O)CCc4c(CO)cc(OC(C)CC(=O)NCCCC(=O)CN5CCN(C)CC5)cc4CO)cc(Cl)c31)c1cc(C)c(CC)cc1O2. The highest BCUT2D eigenvalue weighted by molar-refractivity contribution is 6.41. The molecule has 30 heteroatoms. The van der Waals surface area contributed by atoms with E-state index in [2.05, 4.69) is 58.2 Å². The van der Waals surface area contributed by atoms with Crippen LogP contribution in [0.5, 0.6) is 34.5 Å². The van der Waals surface area contributed by atoms with Crippen LogP contribution in [-0.2, 0) is 92.0 Å². The molecule has 0 radical (unpaired) electrons. The molecule has 2 atom stereocenters. The van der Waals surface area contributed by atoms with Gasteiger partial charge in [-0.1, -0.05) is 60.3 Å². The molecule has 8 aromatic rings. The van der Waals surface area contributed by atoms with Crippen molar-refractivity contribution in [3.63, 3.8) is 0 Å². The van der Waals surface area contributed by atoms with Gasteiger partial charge in [0, 0.05) is 187 Å². The Morgan fingerprint density at radius 1 is 0.469 bits per heavy atom. The second-order valence-corrected chi connectivity index (χ2v) is 36.6. The number of aliphatic hydroxyl groups is 4. The van der Waals surface area contributed by atoms with Crippen LogP contribution in [-0.4, -0.2) is 220 Å². The number of amides is 2. The predicted octanol–water partition coefficient (Wildman–Crippen LogP) is 14.3. The fraction of sp³-hybridized carbons (Fsp3) is 0.440. The summed E-state index contributed by atoms with van der Waals surface area (Å²) in [5.74, 6) is 0.319. The molecule has 2 saturated heterocycles. The molecule has 26 nitrogen and oxygen atoms in total. The van der Waals surface area contributed by atoms with Crippen molar-refractivity contribution >= 4 is 105 Å². The normalized spacial score (nSPS) is 15.7. The smallest absolute Gasteiger partial charge is 0.341 e. The first-order valence-corrected chi connectivity index (χ1v) is 46.0. The lowest BCUT2D eigenvalue weighted by Crippen LogP contribution is -2.46. The summed E-state index contributed by atoms with van der Waals surface area (Å²) in [5, 5.41) is 47.5. The van der Waals surface area contributed by atoms with Gasteiger partial charge in [-0.05, 0) is 221 Å². The van der Waals surface area contributed by atoms with Crippen LogP contribution in [0.3, 0.4) is 0 Å². The van der Waals surface area contributed by atoms with Gasteiger partial charge >= 0.3 is 11.9 Å². The van der Waals surface area contributed by atoms with Crippen LogP contribution in [0.1, 0.15) is 210 Å². The Bertz CT molecular complexity index is 5520. The van der Waals surface area contributed by atoms with Crippen molar-refractivity contribution in [2.45, 2.75) is 168 Å². The van der Waals surface area contributed by atoms with Gasteiger partial charge in [0.05, 0.1) is 83.6 Å². The Morgan fingerprint density at radius 2 is 0.815 bits per heavy atom. The summed E-state index contributed by atoms with van der Waals surface area (Å²) in [7, 11) is 11.8. The first-order valence-electron chi connectivity index (χ1n) is 44.5. The zero-order valence-corrected chi connectivity index (χ0v) is 78.9. The number of hydrogen-bond acceptors (Lipinski definition) is 24. The van der Waals surface area contributed by atoms with Crippen molar-refractivity contribution in [1.82, 2.24) is 30.2 Å². The second kappa shape index (κ2) is 42.2. The Kier molecular flexibility index (Phi) is 31.7. The van der Waals surface area contributed by atoms with Gasteiger partial charge in [0.1, 0.15) is 58.3 Å². The molecule has 6 aliphatic rings. The van der Waals surface area contributed by atoms with Crippen LogP contribution >= 0.6 is 46.4 Å². The van der Waals surface area contributed by atoms with E-state index in [1.54, 1.807) is 38.1 Å². The molecule has 0 aromatic heterocycles. The first-order chi connectivity index (χ1) is 62.1. The van der Waals surface area contributed by atoms with E-state index in [4.69, 9.17) is 74.8 Å². The van der Waals surface area contributed by atoms with Gasteiger partial charge in [-0.25, -0.2) is 9.59 Å². The first kappa shape index (κ1) is 97.5. The highest BCUT2D eigenvalue weighted by atomic mass is 35.5. The number of hydrogen-bond donors (Lipinski definition) is 6. The Labute approximate surface area is 779 Å². The van der Waals surface area contributed by atoms with Crippen LogP contribution in [0.4, 0.5) is 11.4 Å². The van der Waals surface area contributed by atoms with Gasteiger partial charge < -0.3 is 79.1 Å². The third-order valence-corrected chi connectivity index (χ3v) is 26.8. The molecule has 2 unspecified atom stereocenters. The van der Waals surface area contributed by atoms with Crippen molar-refractivity contribution < 1.29 is 87.2 Å². The van der Waals surface area contributed by atoms with Crippen molar-refractivity contribution in [3.8, 4) is 34.5 Å². The monoisotopic (exact) mass is 1860 g/mol. The minimum absolute atomic E-state index is 0.0129. The zero-order chi connectivity index (χ0) is 93.5. The highest BCUT2D eigenvalue weighted by Gasteiger charge is 2.58. The van der Waals surface area contributed by atoms with Gasteiger partial charge in [0.25, 0.3) is 0 Å². The number of piperazine rings is 2. The molecule has 6 aliphatic heterocycles. The summed E-state index contributed by atoms with van der Waals surface area (Å²) in [4.78, 5) is 119. The van der Waals surface area contributed by atoms with Crippen LogP contribution < -0.4 is 39.4 Å². The van der Waals surface area contributed by atoms with Crippen molar-refractivity contribution in [2.75, 3.05) is 131 Å². The number of anilines is 2.